The van der Waals surface area contributed by atoms with Crippen LogP contribution < -0.4 is 0 Å². The first kappa shape index (κ1) is 27.2. The van der Waals surface area contributed by atoms with Gasteiger partial charge in [-0.05, 0) is 117 Å². The van der Waals surface area contributed by atoms with Gasteiger partial charge in [0.2, 0.25) is 0 Å². The van der Waals surface area contributed by atoms with E-state index in [2.05, 4.69) is 154 Å². The Morgan fingerprint density at radius 1 is 0.600 bits per heavy atom. The Balaban J connectivity index is 1.16. The molecule has 0 radical (unpaired) electrons. The van der Waals surface area contributed by atoms with Crippen LogP contribution in [-0.4, -0.2) is 10.7 Å². The van der Waals surface area contributed by atoms with E-state index in [0.717, 1.165) is 33.4 Å². The first-order chi connectivity index (χ1) is 21.9. The van der Waals surface area contributed by atoms with Crippen molar-refractivity contribution < 1.29 is 0 Å². The highest BCUT2D eigenvalue weighted by atomic mass is 14.7. The summed E-state index contributed by atoms with van der Waals surface area (Å²) in [6.07, 6.45) is 1.83. The number of hydrogen-bond acceptors (Lipinski definition) is 2. The molecule has 0 saturated heterocycles. The van der Waals surface area contributed by atoms with Crippen LogP contribution >= 0.6 is 0 Å². The van der Waals surface area contributed by atoms with Crippen LogP contribution in [0, 0.1) is 6.92 Å². The maximum absolute atomic E-state index is 5.04. The van der Waals surface area contributed by atoms with Crippen LogP contribution in [0.5, 0.6) is 0 Å². The van der Waals surface area contributed by atoms with Crippen molar-refractivity contribution in [2.75, 3.05) is 0 Å². The molecular formula is C43H34N2. The molecule has 45 heavy (non-hydrogen) atoms. The van der Waals surface area contributed by atoms with Crippen molar-refractivity contribution in [2.24, 2.45) is 4.99 Å². The first-order valence-electron chi connectivity index (χ1n) is 15.7. The number of rotatable bonds is 4. The maximum Gasteiger partial charge on any atom is 0.0702 e. The van der Waals surface area contributed by atoms with Crippen molar-refractivity contribution in [3.8, 4) is 33.4 Å². The Kier molecular flexibility index (Phi) is 6.28. The van der Waals surface area contributed by atoms with Gasteiger partial charge >= 0.3 is 0 Å². The second-order valence-electron chi connectivity index (χ2n) is 12.7. The largest absolute Gasteiger partial charge is 0.256 e. The lowest BCUT2D eigenvalue weighted by molar-refractivity contribution is 0.660. The molecule has 2 heteroatoms. The Morgan fingerprint density at radius 3 is 2.04 bits per heavy atom. The number of hydrogen-bond donors (Lipinski definition) is 0. The van der Waals surface area contributed by atoms with Crippen molar-refractivity contribution in [1.82, 2.24) is 4.98 Å². The normalized spacial score (nSPS) is 13.6. The molecule has 0 N–H and O–H groups in total. The summed E-state index contributed by atoms with van der Waals surface area (Å²) in [5.74, 6) is 0. The third-order valence-electron chi connectivity index (χ3n) is 9.64. The molecule has 0 fully saturated rings. The molecule has 0 atom stereocenters. The summed E-state index contributed by atoms with van der Waals surface area (Å²) >= 11 is 0. The Labute approximate surface area is 264 Å². The molecule has 0 bridgehead atoms. The maximum atomic E-state index is 5.04. The zero-order valence-corrected chi connectivity index (χ0v) is 26.1. The summed E-state index contributed by atoms with van der Waals surface area (Å²) in [6, 6.07) is 46.3. The van der Waals surface area contributed by atoms with E-state index in [4.69, 9.17) is 4.99 Å². The smallest absolute Gasteiger partial charge is 0.0702 e. The van der Waals surface area contributed by atoms with E-state index < -0.39 is 0 Å². The van der Waals surface area contributed by atoms with Crippen molar-refractivity contribution in [3.63, 3.8) is 0 Å². The van der Waals surface area contributed by atoms with Crippen LogP contribution in [0.2, 0.25) is 0 Å². The quantitative estimate of drug-likeness (QED) is 0.191. The topological polar surface area (TPSA) is 25.2 Å². The molecule has 0 spiro atoms. The van der Waals surface area contributed by atoms with Crippen LogP contribution in [0.1, 0.15) is 43.0 Å². The zero-order chi connectivity index (χ0) is 30.7. The van der Waals surface area contributed by atoms with Gasteiger partial charge in [0.05, 0.1) is 11.2 Å². The van der Waals surface area contributed by atoms with E-state index in [1.165, 1.54) is 55.3 Å². The van der Waals surface area contributed by atoms with Gasteiger partial charge in [-0.3, -0.25) is 9.98 Å². The molecule has 1 aromatic heterocycles. The molecule has 1 heterocycles. The number of aliphatic imine (C=N–C) groups is 1. The van der Waals surface area contributed by atoms with Crippen LogP contribution in [-0.2, 0) is 5.41 Å². The van der Waals surface area contributed by atoms with Gasteiger partial charge in [-0.1, -0.05) is 105 Å². The number of pyridine rings is 1. The van der Waals surface area contributed by atoms with Crippen molar-refractivity contribution in [2.45, 2.75) is 33.1 Å². The molecule has 216 valence electrons. The summed E-state index contributed by atoms with van der Waals surface area (Å²) in [7, 11) is 0. The molecule has 7 aromatic rings. The van der Waals surface area contributed by atoms with Gasteiger partial charge in [0.1, 0.15) is 0 Å². The highest BCUT2D eigenvalue weighted by molar-refractivity contribution is 6.06. The van der Waals surface area contributed by atoms with Gasteiger partial charge in [0.15, 0.2) is 0 Å². The SMILES string of the molecule is C/C(=N\c1ccc(-c2ccc(-c3ccc4c(c3)C(C)(C)c3ccccc3-4)c3ccccc23)cc1C)c1ccc2ncccc2c1. The number of benzene rings is 6. The van der Waals surface area contributed by atoms with Crippen LogP contribution in [0.3, 0.4) is 0 Å². The Morgan fingerprint density at radius 2 is 1.27 bits per heavy atom. The number of aryl methyl sites for hydroxylation is 1. The Hall–Kier alpha value is -5.34. The highest BCUT2D eigenvalue weighted by Gasteiger charge is 2.35. The summed E-state index contributed by atoms with van der Waals surface area (Å²) < 4.78 is 0. The highest BCUT2D eigenvalue weighted by Crippen LogP contribution is 2.50. The zero-order valence-electron chi connectivity index (χ0n) is 26.1. The fourth-order valence-corrected chi connectivity index (χ4v) is 7.17. The van der Waals surface area contributed by atoms with Gasteiger partial charge in [-0.15, -0.1) is 0 Å². The van der Waals surface area contributed by atoms with Crippen LogP contribution in [0.4, 0.5) is 5.69 Å². The molecule has 0 amide bonds. The third kappa shape index (κ3) is 4.48. The third-order valence-corrected chi connectivity index (χ3v) is 9.64. The lowest BCUT2D eigenvalue weighted by atomic mass is 9.81. The molecule has 0 aliphatic heterocycles. The Bertz CT molecular complexity index is 2320. The van der Waals surface area contributed by atoms with Gasteiger partial charge in [0.25, 0.3) is 0 Å². The van der Waals surface area contributed by atoms with E-state index in [-0.39, 0.29) is 5.41 Å². The molecule has 0 saturated carbocycles. The second-order valence-corrected chi connectivity index (χ2v) is 12.7. The predicted octanol–water partition coefficient (Wildman–Crippen LogP) is 11.5. The molecule has 1 aliphatic rings. The monoisotopic (exact) mass is 578 g/mol. The minimum Gasteiger partial charge on any atom is -0.256 e. The van der Waals surface area contributed by atoms with Gasteiger partial charge in [0, 0.05) is 22.7 Å². The van der Waals surface area contributed by atoms with Crippen LogP contribution in [0.15, 0.2) is 139 Å². The average Bonchev–Trinajstić information content (AvgIpc) is 3.30. The summed E-state index contributed by atoms with van der Waals surface area (Å²) in [4.78, 5) is 9.49. The van der Waals surface area contributed by atoms with E-state index in [1.807, 2.05) is 12.3 Å². The predicted molar refractivity (Wildman–Crippen MR) is 191 cm³/mol. The molecule has 2 nitrogen and oxygen atoms in total. The molecular weight excluding hydrogens is 544 g/mol. The molecule has 1 aliphatic carbocycles. The van der Waals surface area contributed by atoms with Crippen molar-refractivity contribution >= 4 is 33.1 Å². The molecule has 6 aromatic carbocycles. The van der Waals surface area contributed by atoms with Crippen molar-refractivity contribution in [3.05, 3.63) is 156 Å². The molecule has 8 rings (SSSR count). The minimum absolute atomic E-state index is 0.0245. The van der Waals surface area contributed by atoms with E-state index in [1.54, 1.807) is 0 Å². The number of fused-ring (bicyclic) bond motifs is 5. The van der Waals surface area contributed by atoms with Crippen molar-refractivity contribution in [1.29, 1.82) is 0 Å². The van der Waals surface area contributed by atoms with E-state index in [0.29, 0.717) is 0 Å². The fourth-order valence-electron chi connectivity index (χ4n) is 7.17. The summed E-state index contributed by atoms with van der Waals surface area (Å²) in [5, 5.41) is 3.65. The lowest BCUT2D eigenvalue weighted by Gasteiger charge is -2.22. The lowest BCUT2D eigenvalue weighted by Crippen LogP contribution is -2.14. The van der Waals surface area contributed by atoms with Gasteiger partial charge < -0.3 is 0 Å². The number of nitrogens with zero attached hydrogens (tertiary/aromatic N) is 2. The van der Waals surface area contributed by atoms with E-state index >= 15 is 0 Å². The first-order valence-corrected chi connectivity index (χ1v) is 15.7. The van der Waals surface area contributed by atoms with Gasteiger partial charge in [-0.2, -0.15) is 0 Å². The molecule has 0 unspecified atom stereocenters. The summed E-state index contributed by atoms with van der Waals surface area (Å²) in [5.41, 5.74) is 15.7. The number of aromatic nitrogens is 1. The fraction of sp³-hybridized carbons (Fsp3) is 0.116. The van der Waals surface area contributed by atoms with E-state index in [9.17, 15) is 0 Å². The average molecular weight is 579 g/mol. The summed E-state index contributed by atoms with van der Waals surface area (Å²) in [6.45, 7) is 8.93. The second kappa shape index (κ2) is 10.4. The van der Waals surface area contributed by atoms with Gasteiger partial charge in [-0.25, -0.2) is 0 Å². The minimum atomic E-state index is -0.0245. The van der Waals surface area contributed by atoms with Crippen LogP contribution in [0.25, 0.3) is 55.1 Å². The standard InChI is InChI=1S/C43H34N2/c1-27-24-30(17-21-41(27)45-28(2)29-16-22-42-32(25-29)10-9-23-44-42)33-19-20-34(36-12-6-5-11-35(33)36)31-15-18-38-37-13-7-8-14-39(37)43(3,4)40(38)26-31/h5-26H,1-4H3/b45-28+.